The second-order valence-electron chi connectivity index (χ2n) is 6.34. The first-order chi connectivity index (χ1) is 8.45. The van der Waals surface area contributed by atoms with Crippen LogP contribution in [0.25, 0.3) is 0 Å². The van der Waals surface area contributed by atoms with E-state index in [1.165, 1.54) is 23.1 Å². The molecule has 1 fully saturated rings. The predicted molar refractivity (Wildman–Crippen MR) is 76.6 cm³/mol. The smallest absolute Gasteiger partial charge is 0.0929 e. The second kappa shape index (κ2) is 5.05. The summed E-state index contributed by atoms with van der Waals surface area (Å²) >= 11 is 0. The molecular weight excluding hydrogens is 220 g/mol. The number of aliphatic hydroxyl groups is 1. The first kappa shape index (κ1) is 13.6. The highest BCUT2D eigenvalue weighted by atomic mass is 16.3. The van der Waals surface area contributed by atoms with E-state index in [0.29, 0.717) is 11.8 Å². The molecule has 2 atom stereocenters. The van der Waals surface area contributed by atoms with E-state index in [1.54, 1.807) is 0 Å². The van der Waals surface area contributed by atoms with Gasteiger partial charge >= 0.3 is 0 Å². The summed E-state index contributed by atoms with van der Waals surface area (Å²) < 4.78 is 0. The molecule has 1 saturated carbocycles. The maximum absolute atomic E-state index is 11.3. The van der Waals surface area contributed by atoms with Crippen molar-refractivity contribution < 1.29 is 5.11 Å². The van der Waals surface area contributed by atoms with Gasteiger partial charge in [-0.25, -0.2) is 0 Å². The number of aryl methyl sites for hydroxylation is 2. The normalized spacial score (nSPS) is 28.7. The van der Waals surface area contributed by atoms with Crippen LogP contribution in [-0.2, 0) is 5.60 Å². The molecule has 0 aromatic heterocycles. The molecule has 0 radical (unpaired) electrons. The van der Waals surface area contributed by atoms with Gasteiger partial charge in [0.25, 0.3) is 0 Å². The summed E-state index contributed by atoms with van der Waals surface area (Å²) in [6.07, 6.45) is 4.48. The standard InChI is InChI=1S/C17H26O/c1-12(2)15-7-5-6-10-17(15,18)16-11-13(3)8-9-14(16)4/h8-9,11-12,15,18H,5-7,10H2,1-4H3. The molecule has 1 heteroatoms. The Labute approximate surface area is 111 Å². The topological polar surface area (TPSA) is 20.2 Å². The number of hydrogen-bond acceptors (Lipinski definition) is 1. The van der Waals surface area contributed by atoms with Gasteiger partial charge in [0.1, 0.15) is 0 Å². The van der Waals surface area contributed by atoms with Gasteiger partial charge in [0.2, 0.25) is 0 Å². The van der Waals surface area contributed by atoms with Crippen LogP contribution in [0, 0.1) is 25.7 Å². The van der Waals surface area contributed by atoms with Gasteiger partial charge in [-0.1, -0.05) is 50.5 Å². The molecule has 1 aliphatic rings. The minimum Gasteiger partial charge on any atom is -0.385 e. The quantitative estimate of drug-likeness (QED) is 0.823. The predicted octanol–water partition coefficient (Wildman–Crippen LogP) is 4.34. The molecular formula is C17H26O. The fourth-order valence-electron chi connectivity index (χ4n) is 3.60. The monoisotopic (exact) mass is 246 g/mol. The summed E-state index contributed by atoms with van der Waals surface area (Å²) in [6.45, 7) is 8.72. The summed E-state index contributed by atoms with van der Waals surface area (Å²) in [7, 11) is 0. The Bertz CT molecular complexity index is 422. The minimum atomic E-state index is -0.609. The van der Waals surface area contributed by atoms with Crippen LogP contribution in [0.5, 0.6) is 0 Å². The van der Waals surface area contributed by atoms with Gasteiger partial charge < -0.3 is 5.11 Å². The Balaban J connectivity index is 2.46. The van der Waals surface area contributed by atoms with Crippen molar-refractivity contribution in [1.29, 1.82) is 0 Å². The van der Waals surface area contributed by atoms with Crippen LogP contribution in [0.1, 0.15) is 56.2 Å². The maximum Gasteiger partial charge on any atom is 0.0929 e. The summed E-state index contributed by atoms with van der Waals surface area (Å²) in [4.78, 5) is 0. The van der Waals surface area contributed by atoms with E-state index in [0.717, 1.165) is 19.3 Å². The summed E-state index contributed by atoms with van der Waals surface area (Å²) in [5, 5.41) is 11.3. The van der Waals surface area contributed by atoms with Gasteiger partial charge in [-0.2, -0.15) is 0 Å². The Morgan fingerprint density at radius 1 is 1.22 bits per heavy atom. The number of rotatable bonds is 2. The first-order valence-electron chi connectivity index (χ1n) is 7.25. The van der Waals surface area contributed by atoms with Crippen molar-refractivity contribution in [2.24, 2.45) is 11.8 Å². The lowest BCUT2D eigenvalue weighted by atomic mass is 9.66. The van der Waals surface area contributed by atoms with Crippen LogP contribution in [0.3, 0.4) is 0 Å². The second-order valence-corrected chi connectivity index (χ2v) is 6.34. The largest absolute Gasteiger partial charge is 0.385 e. The van der Waals surface area contributed by atoms with E-state index in [-0.39, 0.29) is 0 Å². The molecule has 0 amide bonds. The van der Waals surface area contributed by atoms with Gasteiger partial charge in [-0.05, 0) is 49.7 Å². The molecule has 1 aromatic rings. The highest BCUT2D eigenvalue weighted by Gasteiger charge is 2.42. The van der Waals surface area contributed by atoms with Crippen molar-refractivity contribution in [2.75, 3.05) is 0 Å². The summed E-state index contributed by atoms with van der Waals surface area (Å²) in [5.74, 6) is 0.932. The molecule has 0 spiro atoms. The molecule has 1 N–H and O–H groups in total. The maximum atomic E-state index is 11.3. The van der Waals surface area contributed by atoms with Gasteiger partial charge in [0.15, 0.2) is 0 Å². The number of benzene rings is 1. The molecule has 100 valence electrons. The van der Waals surface area contributed by atoms with Crippen LogP contribution in [0.4, 0.5) is 0 Å². The highest BCUT2D eigenvalue weighted by molar-refractivity contribution is 5.36. The third kappa shape index (κ3) is 2.33. The summed E-state index contributed by atoms with van der Waals surface area (Å²) in [5.41, 5.74) is 3.04. The van der Waals surface area contributed by atoms with Crippen molar-refractivity contribution in [3.05, 3.63) is 34.9 Å². The zero-order chi connectivity index (χ0) is 13.3. The van der Waals surface area contributed by atoms with Crippen LogP contribution in [0.2, 0.25) is 0 Å². The minimum absolute atomic E-state index is 0.395. The summed E-state index contributed by atoms with van der Waals surface area (Å²) in [6, 6.07) is 6.47. The Hall–Kier alpha value is -0.820. The van der Waals surface area contributed by atoms with Gasteiger partial charge in [0.05, 0.1) is 5.60 Å². The number of hydrogen-bond donors (Lipinski definition) is 1. The van der Waals surface area contributed by atoms with E-state index in [2.05, 4.69) is 45.9 Å². The molecule has 18 heavy (non-hydrogen) atoms. The lowest BCUT2D eigenvalue weighted by Gasteiger charge is -2.43. The third-order valence-corrected chi connectivity index (χ3v) is 4.60. The fraction of sp³-hybridized carbons (Fsp3) is 0.647. The van der Waals surface area contributed by atoms with E-state index in [1.807, 2.05) is 0 Å². The van der Waals surface area contributed by atoms with Crippen molar-refractivity contribution >= 4 is 0 Å². The van der Waals surface area contributed by atoms with E-state index in [4.69, 9.17) is 0 Å². The zero-order valence-electron chi connectivity index (χ0n) is 12.2. The molecule has 2 rings (SSSR count). The van der Waals surface area contributed by atoms with Crippen molar-refractivity contribution in [2.45, 2.75) is 59.0 Å². The van der Waals surface area contributed by atoms with Crippen LogP contribution in [-0.4, -0.2) is 5.11 Å². The molecule has 1 nitrogen and oxygen atoms in total. The average Bonchev–Trinajstić information content (AvgIpc) is 2.32. The van der Waals surface area contributed by atoms with Crippen LogP contribution in [0.15, 0.2) is 18.2 Å². The molecule has 2 unspecified atom stereocenters. The Kier molecular flexibility index (Phi) is 3.82. The highest BCUT2D eigenvalue weighted by Crippen LogP contribution is 2.46. The molecule has 1 aliphatic carbocycles. The SMILES string of the molecule is Cc1ccc(C)c(C2(O)CCCCC2C(C)C)c1. The van der Waals surface area contributed by atoms with Crippen molar-refractivity contribution in [1.82, 2.24) is 0 Å². The fourth-order valence-corrected chi connectivity index (χ4v) is 3.60. The van der Waals surface area contributed by atoms with E-state index >= 15 is 0 Å². The van der Waals surface area contributed by atoms with Gasteiger partial charge in [-0.15, -0.1) is 0 Å². The molecule has 1 aromatic carbocycles. The third-order valence-electron chi connectivity index (χ3n) is 4.60. The van der Waals surface area contributed by atoms with E-state index in [9.17, 15) is 5.11 Å². The molecule has 0 heterocycles. The zero-order valence-corrected chi connectivity index (χ0v) is 12.2. The Morgan fingerprint density at radius 2 is 1.94 bits per heavy atom. The van der Waals surface area contributed by atoms with E-state index < -0.39 is 5.60 Å². The molecule has 0 aliphatic heterocycles. The van der Waals surface area contributed by atoms with Gasteiger partial charge in [-0.3, -0.25) is 0 Å². The van der Waals surface area contributed by atoms with Crippen molar-refractivity contribution in [3.63, 3.8) is 0 Å². The lowest BCUT2D eigenvalue weighted by Crippen LogP contribution is -2.41. The van der Waals surface area contributed by atoms with Gasteiger partial charge in [0, 0.05) is 0 Å². The molecule has 0 saturated heterocycles. The molecule has 0 bridgehead atoms. The first-order valence-corrected chi connectivity index (χ1v) is 7.25. The van der Waals surface area contributed by atoms with Crippen molar-refractivity contribution in [3.8, 4) is 0 Å². The Morgan fingerprint density at radius 3 is 2.61 bits per heavy atom. The van der Waals surface area contributed by atoms with Crippen LogP contribution < -0.4 is 0 Å². The lowest BCUT2D eigenvalue weighted by molar-refractivity contribution is -0.0726. The van der Waals surface area contributed by atoms with Crippen LogP contribution >= 0.6 is 0 Å². The average molecular weight is 246 g/mol.